The smallest absolute Gasteiger partial charge is 0.0641 e. The molecule has 0 atom stereocenters. The quantitative estimate of drug-likeness (QED) is 0.165. The van der Waals surface area contributed by atoms with E-state index in [0.29, 0.717) is 0 Å². The summed E-state index contributed by atoms with van der Waals surface area (Å²) in [5, 5.41) is 10.2. The molecule has 0 spiro atoms. The van der Waals surface area contributed by atoms with Crippen LogP contribution in [0.1, 0.15) is 79.0 Å². The fourth-order valence-corrected chi connectivity index (χ4v) is 11.8. The van der Waals surface area contributed by atoms with Gasteiger partial charge in [-0.05, 0) is 147 Å². The van der Waals surface area contributed by atoms with Gasteiger partial charge in [0.2, 0.25) is 0 Å². The molecule has 334 valence electrons. The summed E-state index contributed by atoms with van der Waals surface area (Å²) in [6.45, 7) is 20.7. The Morgan fingerprint density at radius 2 is 0.897 bits per heavy atom. The van der Waals surface area contributed by atoms with E-state index in [4.69, 9.17) is 0 Å². The normalized spacial score (nSPS) is 12.8. The summed E-state index contributed by atoms with van der Waals surface area (Å²) in [4.78, 5) is 4.86. The molecule has 0 saturated carbocycles. The molecule has 68 heavy (non-hydrogen) atoms. The number of rotatable bonds is 6. The molecule has 0 fully saturated rings. The van der Waals surface area contributed by atoms with Crippen molar-refractivity contribution in [1.82, 2.24) is 4.40 Å². The van der Waals surface area contributed by atoms with E-state index in [1.807, 2.05) is 11.3 Å². The van der Waals surface area contributed by atoms with Crippen molar-refractivity contribution >= 4 is 115 Å². The van der Waals surface area contributed by atoms with Gasteiger partial charge in [-0.3, -0.25) is 0 Å². The van der Waals surface area contributed by atoms with Crippen LogP contribution >= 0.6 is 11.3 Å². The van der Waals surface area contributed by atoms with Crippen molar-refractivity contribution in [3.8, 4) is 0 Å². The van der Waals surface area contributed by atoms with Crippen LogP contribution in [0.3, 0.4) is 0 Å². The lowest BCUT2D eigenvalue weighted by atomic mass is 9.86. The zero-order valence-corrected chi connectivity index (χ0v) is 41.4. The second-order valence-electron chi connectivity index (χ2n) is 22.0. The molecule has 3 heterocycles. The number of aromatic nitrogens is 1. The topological polar surface area (TPSA) is 10.9 Å². The maximum Gasteiger partial charge on any atom is 0.0641 e. The number of fused-ring (bicyclic) bond motifs is 10. The van der Waals surface area contributed by atoms with Crippen molar-refractivity contribution in [2.45, 2.75) is 78.6 Å². The standard InChI is InChI=1S/C64H57N3S/c1-62(2,3)42-23-26-47(27-24-42)66(46-20-14-11-15-21-46)56-32-30-51-52-33-41-36-58-53(34-40(41)35-57(52)67-55-31-25-44(64(7,8)9)38-54(55)60(56)61(51)67)50-29-28-49(39-59(50)68-58)65(45-18-12-10-13-19-45)48-22-16-17-43(37-48)63(4,5)6/h10-39H,1-9H3. The Morgan fingerprint density at radius 3 is 1.59 bits per heavy atom. The average molecular weight is 900 g/mol. The number of anilines is 6. The van der Waals surface area contributed by atoms with Gasteiger partial charge in [0.05, 0.1) is 22.2 Å². The zero-order chi connectivity index (χ0) is 46.9. The first-order valence-corrected chi connectivity index (χ1v) is 24.9. The lowest BCUT2D eigenvalue weighted by Crippen LogP contribution is -2.14. The number of para-hydroxylation sites is 2. The largest absolute Gasteiger partial charge is 0.310 e. The Bertz CT molecular complexity index is 3890. The molecule has 0 unspecified atom stereocenters. The van der Waals surface area contributed by atoms with Crippen molar-refractivity contribution in [3.63, 3.8) is 0 Å². The molecule has 0 bridgehead atoms. The molecule has 3 nitrogen and oxygen atoms in total. The molecular weight excluding hydrogens is 843 g/mol. The monoisotopic (exact) mass is 899 g/mol. The van der Waals surface area contributed by atoms with Gasteiger partial charge in [-0.25, -0.2) is 0 Å². The molecule has 4 heteroatoms. The first kappa shape index (κ1) is 42.2. The highest BCUT2D eigenvalue weighted by molar-refractivity contribution is 7.26. The molecule has 9 aromatic carbocycles. The fraction of sp³-hybridized carbons (Fsp3) is 0.188. The molecule has 12 rings (SSSR count). The van der Waals surface area contributed by atoms with Crippen molar-refractivity contribution < 1.29 is 0 Å². The van der Waals surface area contributed by atoms with Gasteiger partial charge in [0.1, 0.15) is 0 Å². The minimum absolute atomic E-state index is 0.00682. The average Bonchev–Trinajstić information content (AvgIpc) is 3.96. The van der Waals surface area contributed by atoms with Gasteiger partial charge in [-0.1, -0.05) is 141 Å². The summed E-state index contributed by atoms with van der Waals surface area (Å²) < 4.78 is 5.15. The predicted octanol–water partition coefficient (Wildman–Crippen LogP) is 19.2. The van der Waals surface area contributed by atoms with Gasteiger partial charge >= 0.3 is 0 Å². The van der Waals surface area contributed by atoms with Gasteiger partial charge < -0.3 is 14.2 Å². The Hall–Kier alpha value is -7.14. The van der Waals surface area contributed by atoms with Crippen molar-refractivity contribution in [3.05, 3.63) is 199 Å². The molecule has 3 aromatic heterocycles. The fourth-order valence-electron chi connectivity index (χ4n) is 10.6. The minimum Gasteiger partial charge on any atom is -0.310 e. The van der Waals surface area contributed by atoms with E-state index in [2.05, 4.69) is 259 Å². The molecular formula is C64H57N3S. The van der Waals surface area contributed by atoms with Crippen LogP contribution in [0.15, 0.2) is 182 Å². The molecule has 0 amide bonds. The second-order valence-corrected chi connectivity index (χ2v) is 23.0. The number of benzene rings is 9. The Labute approximate surface area is 403 Å². The van der Waals surface area contributed by atoms with Crippen molar-refractivity contribution in [2.75, 3.05) is 9.80 Å². The van der Waals surface area contributed by atoms with E-state index in [1.165, 1.54) is 97.1 Å². The third-order valence-corrected chi connectivity index (χ3v) is 15.4. The number of hydrogen-bond donors (Lipinski definition) is 0. The van der Waals surface area contributed by atoms with Crippen LogP contribution in [0.5, 0.6) is 0 Å². The summed E-state index contributed by atoms with van der Waals surface area (Å²) in [7, 11) is 0. The number of nitrogens with zero attached hydrogens (tertiary/aromatic N) is 3. The highest BCUT2D eigenvalue weighted by atomic mass is 32.1. The van der Waals surface area contributed by atoms with E-state index in [0.717, 1.165) is 22.7 Å². The summed E-state index contributed by atoms with van der Waals surface area (Å²) >= 11 is 1.89. The van der Waals surface area contributed by atoms with Gasteiger partial charge in [0.25, 0.3) is 0 Å². The number of hydrogen-bond acceptors (Lipinski definition) is 3. The molecule has 0 aliphatic carbocycles. The first-order valence-electron chi connectivity index (χ1n) is 24.1. The summed E-state index contributed by atoms with van der Waals surface area (Å²) in [6, 6.07) is 68.6. The minimum atomic E-state index is -0.00682. The zero-order valence-electron chi connectivity index (χ0n) is 40.6. The molecule has 12 aromatic rings. The molecule has 0 radical (unpaired) electrons. The van der Waals surface area contributed by atoms with Crippen LogP contribution < -0.4 is 9.80 Å². The third kappa shape index (κ3) is 6.83. The van der Waals surface area contributed by atoms with Crippen molar-refractivity contribution in [1.29, 1.82) is 0 Å². The van der Waals surface area contributed by atoms with E-state index >= 15 is 0 Å². The van der Waals surface area contributed by atoms with Crippen LogP contribution in [0.25, 0.3) is 69.0 Å². The lowest BCUT2D eigenvalue weighted by molar-refractivity contribution is 0.590. The van der Waals surface area contributed by atoms with E-state index in [9.17, 15) is 0 Å². The molecule has 0 aliphatic heterocycles. The Balaban J connectivity index is 1.06. The highest BCUT2D eigenvalue weighted by Crippen LogP contribution is 2.50. The summed E-state index contributed by atoms with van der Waals surface area (Å²) in [5.74, 6) is 0. The van der Waals surface area contributed by atoms with E-state index in [-0.39, 0.29) is 16.2 Å². The molecule has 0 aliphatic rings. The summed E-state index contributed by atoms with van der Waals surface area (Å²) in [5.41, 5.74) is 14.8. The first-order chi connectivity index (χ1) is 32.6. The van der Waals surface area contributed by atoms with Crippen LogP contribution in [-0.4, -0.2) is 4.40 Å². The SMILES string of the molecule is CC(C)(C)c1ccc(N(c2ccccc2)c2ccc3c4cc5cc6sc7cc(N(c8ccccc8)c8cccc(C(C)(C)C)c8)ccc7c6cc5cc4n4c5ccc(C(C)(C)C)cc5c2c34)cc1. The van der Waals surface area contributed by atoms with Crippen LogP contribution in [0.2, 0.25) is 0 Å². The van der Waals surface area contributed by atoms with Crippen LogP contribution in [0.4, 0.5) is 34.1 Å². The van der Waals surface area contributed by atoms with Gasteiger partial charge in [0, 0.05) is 70.2 Å². The van der Waals surface area contributed by atoms with E-state index < -0.39 is 0 Å². The van der Waals surface area contributed by atoms with Crippen LogP contribution in [-0.2, 0) is 16.2 Å². The summed E-state index contributed by atoms with van der Waals surface area (Å²) in [6.07, 6.45) is 0. The molecule has 0 N–H and O–H groups in total. The Kier molecular flexibility index (Phi) is 9.43. The lowest BCUT2D eigenvalue weighted by Gasteiger charge is -2.28. The van der Waals surface area contributed by atoms with Gasteiger partial charge in [0.15, 0.2) is 0 Å². The number of thiophene rings is 1. The molecule has 0 saturated heterocycles. The maximum absolute atomic E-state index is 2.56. The van der Waals surface area contributed by atoms with Gasteiger partial charge in [-0.2, -0.15) is 0 Å². The van der Waals surface area contributed by atoms with Crippen LogP contribution in [0, 0.1) is 0 Å². The van der Waals surface area contributed by atoms with Gasteiger partial charge in [-0.15, -0.1) is 11.3 Å². The Morgan fingerprint density at radius 1 is 0.353 bits per heavy atom. The predicted molar refractivity (Wildman–Crippen MR) is 297 cm³/mol. The second kappa shape index (κ2) is 15.2. The van der Waals surface area contributed by atoms with Crippen molar-refractivity contribution in [2.24, 2.45) is 0 Å². The maximum atomic E-state index is 2.56. The highest BCUT2D eigenvalue weighted by Gasteiger charge is 2.27. The third-order valence-electron chi connectivity index (χ3n) is 14.3. The van der Waals surface area contributed by atoms with E-state index in [1.54, 1.807) is 0 Å².